The maximum atomic E-state index is 14.6. The van der Waals surface area contributed by atoms with Crippen LogP contribution in [0.4, 0.5) is 17.6 Å². The van der Waals surface area contributed by atoms with Crippen LogP contribution in [0.25, 0.3) is 22.0 Å². The molecular weight excluding hydrogens is 430 g/mol. The van der Waals surface area contributed by atoms with Crippen molar-refractivity contribution in [2.24, 2.45) is 0 Å². The van der Waals surface area contributed by atoms with Crippen LogP contribution in [0.15, 0.2) is 60.8 Å². The molecule has 3 aromatic carbocycles. The molecule has 1 aromatic heterocycles. The Morgan fingerprint density at radius 3 is 2.42 bits per heavy atom. The average Bonchev–Trinajstić information content (AvgIpc) is 2.82. The molecule has 33 heavy (non-hydrogen) atoms. The molecule has 0 spiro atoms. The van der Waals surface area contributed by atoms with Crippen molar-refractivity contribution in [2.45, 2.75) is 12.8 Å². The number of methoxy groups -OCH3 is 1. The van der Waals surface area contributed by atoms with Crippen molar-refractivity contribution in [1.82, 2.24) is 4.98 Å². The Labute approximate surface area is 188 Å². The van der Waals surface area contributed by atoms with Gasteiger partial charge in [-0.25, -0.2) is 17.6 Å². The smallest absolute Gasteiger partial charge is 0.195 e. The first-order chi connectivity index (χ1) is 16.0. The van der Waals surface area contributed by atoms with Crippen molar-refractivity contribution in [3.8, 4) is 23.1 Å². The lowest BCUT2D eigenvalue weighted by Gasteiger charge is -2.05. The number of nitrogens with zero attached hydrogens (tertiary/aromatic N) is 1. The Kier molecular flexibility index (Phi) is 6.71. The first-order valence-corrected chi connectivity index (χ1v) is 10.3. The van der Waals surface area contributed by atoms with Gasteiger partial charge >= 0.3 is 0 Å². The maximum absolute atomic E-state index is 14.6. The van der Waals surface area contributed by atoms with Crippen LogP contribution in [0.2, 0.25) is 0 Å². The zero-order chi connectivity index (χ0) is 23.4. The molecule has 2 nitrogen and oxygen atoms in total. The van der Waals surface area contributed by atoms with E-state index in [0.29, 0.717) is 23.4 Å². The summed E-state index contributed by atoms with van der Waals surface area (Å²) in [5.74, 6) is 0.971. The molecule has 0 saturated carbocycles. The summed E-state index contributed by atoms with van der Waals surface area (Å²) in [6, 6.07) is 13.6. The summed E-state index contributed by atoms with van der Waals surface area (Å²) in [4.78, 5) is 4.41. The lowest BCUT2D eigenvalue weighted by Crippen LogP contribution is -1.94. The van der Waals surface area contributed by atoms with Crippen molar-refractivity contribution < 1.29 is 22.3 Å². The minimum absolute atomic E-state index is 0.0489. The molecule has 0 N–H and O–H groups in total. The van der Waals surface area contributed by atoms with Gasteiger partial charge < -0.3 is 4.74 Å². The lowest BCUT2D eigenvalue weighted by molar-refractivity contribution is 0.195. The van der Waals surface area contributed by atoms with Crippen molar-refractivity contribution >= 4 is 10.8 Å². The van der Waals surface area contributed by atoms with E-state index in [9.17, 15) is 17.6 Å². The minimum atomic E-state index is -1.52. The van der Waals surface area contributed by atoms with Crippen molar-refractivity contribution in [3.63, 3.8) is 0 Å². The van der Waals surface area contributed by atoms with E-state index in [4.69, 9.17) is 4.74 Å². The monoisotopic (exact) mass is 449 g/mol. The molecule has 0 aliphatic rings. The number of pyridine rings is 1. The Morgan fingerprint density at radius 2 is 1.70 bits per heavy atom. The molecule has 0 atom stereocenters. The molecule has 166 valence electrons. The zero-order valence-corrected chi connectivity index (χ0v) is 17.8. The van der Waals surface area contributed by atoms with Gasteiger partial charge in [0.15, 0.2) is 17.5 Å². The van der Waals surface area contributed by atoms with Crippen LogP contribution in [0.3, 0.4) is 0 Å². The molecule has 0 aliphatic carbocycles. The van der Waals surface area contributed by atoms with Crippen LogP contribution in [0.1, 0.15) is 23.1 Å². The highest BCUT2D eigenvalue weighted by molar-refractivity contribution is 5.84. The number of rotatable bonds is 5. The predicted molar refractivity (Wildman–Crippen MR) is 120 cm³/mol. The molecule has 0 unspecified atom stereocenters. The first kappa shape index (κ1) is 22.5. The number of ether oxygens (including phenoxy) is 1. The van der Waals surface area contributed by atoms with Gasteiger partial charge in [0, 0.05) is 36.4 Å². The third-order valence-corrected chi connectivity index (χ3v) is 5.22. The molecule has 0 fully saturated rings. The van der Waals surface area contributed by atoms with Crippen LogP contribution in [0, 0.1) is 35.1 Å². The largest absolute Gasteiger partial charge is 0.385 e. The second-order valence-corrected chi connectivity index (χ2v) is 7.51. The number of benzene rings is 3. The van der Waals surface area contributed by atoms with Gasteiger partial charge in [-0.15, -0.1) is 0 Å². The summed E-state index contributed by atoms with van der Waals surface area (Å²) in [5.41, 5.74) is 2.94. The molecule has 6 heteroatoms. The summed E-state index contributed by atoms with van der Waals surface area (Å²) in [7, 11) is 1.66. The van der Waals surface area contributed by atoms with Gasteiger partial charge in [0.1, 0.15) is 5.82 Å². The van der Waals surface area contributed by atoms with Crippen LogP contribution in [-0.4, -0.2) is 18.7 Å². The number of halogens is 4. The molecule has 0 amide bonds. The van der Waals surface area contributed by atoms with E-state index in [1.54, 1.807) is 25.4 Å². The third-order valence-electron chi connectivity index (χ3n) is 5.22. The molecule has 1 heterocycles. The third kappa shape index (κ3) is 5.05. The van der Waals surface area contributed by atoms with Crippen molar-refractivity contribution in [3.05, 3.63) is 101 Å². The molecule has 0 aliphatic heterocycles. The molecular formula is C27H19F4NO. The summed E-state index contributed by atoms with van der Waals surface area (Å²) in [6.45, 7) is 0.682. The van der Waals surface area contributed by atoms with Crippen molar-refractivity contribution in [2.75, 3.05) is 13.7 Å². The van der Waals surface area contributed by atoms with E-state index >= 15 is 0 Å². The number of hydrogen-bond donors (Lipinski definition) is 0. The highest BCUT2D eigenvalue weighted by Crippen LogP contribution is 2.24. The fraction of sp³-hybridized carbons (Fsp3) is 0.148. The second kappa shape index (κ2) is 9.85. The summed E-state index contributed by atoms with van der Waals surface area (Å²) < 4.78 is 60.4. The van der Waals surface area contributed by atoms with Gasteiger partial charge in [0.25, 0.3) is 0 Å². The standard InChI is InChI=1S/C27H19F4NO/c1-33-12-2-3-18-6-11-25(32-16-18)20-9-8-19(23(28)14-20)7-4-17-5-10-22-21(13-17)15-24(29)27(31)26(22)30/h5-6,8-11,13-16H,2-3,12H2,1H3. The maximum Gasteiger partial charge on any atom is 0.195 e. The van der Waals surface area contributed by atoms with Crippen molar-refractivity contribution in [1.29, 1.82) is 0 Å². The normalized spacial score (nSPS) is 10.8. The fourth-order valence-corrected chi connectivity index (χ4v) is 3.46. The Hall–Kier alpha value is -3.69. The second-order valence-electron chi connectivity index (χ2n) is 7.51. The first-order valence-electron chi connectivity index (χ1n) is 10.3. The Bertz CT molecular complexity index is 1370. The van der Waals surface area contributed by atoms with E-state index in [1.807, 2.05) is 12.1 Å². The van der Waals surface area contributed by atoms with Crippen LogP contribution in [0.5, 0.6) is 0 Å². The number of fused-ring (bicyclic) bond motifs is 1. The van der Waals surface area contributed by atoms with E-state index in [1.165, 1.54) is 24.3 Å². The lowest BCUT2D eigenvalue weighted by atomic mass is 10.0. The van der Waals surface area contributed by atoms with Gasteiger partial charge in [-0.05, 0) is 60.2 Å². The number of aryl methyl sites for hydroxylation is 1. The topological polar surface area (TPSA) is 22.1 Å². The Balaban J connectivity index is 1.54. The average molecular weight is 449 g/mol. The van der Waals surface area contributed by atoms with Gasteiger partial charge in [-0.1, -0.05) is 30.0 Å². The fourth-order valence-electron chi connectivity index (χ4n) is 3.46. The van der Waals surface area contributed by atoms with Gasteiger partial charge in [0.05, 0.1) is 11.3 Å². The van der Waals surface area contributed by atoms with Gasteiger partial charge in [-0.2, -0.15) is 0 Å². The molecule has 4 aromatic rings. The number of aromatic nitrogens is 1. The highest BCUT2D eigenvalue weighted by Gasteiger charge is 2.13. The van der Waals surface area contributed by atoms with E-state index in [-0.39, 0.29) is 16.3 Å². The Morgan fingerprint density at radius 1 is 0.848 bits per heavy atom. The SMILES string of the molecule is COCCCc1ccc(-c2ccc(C#Cc3ccc4c(F)c(F)c(F)cc4c3)c(F)c2)nc1. The summed E-state index contributed by atoms with van der Waals surface area (Å²) in [6.07, 6.45) is 3.53. The van der Waals surface area contributed by atoms with E-state index in [0.717, 1.165) is 24.5 Å². The van der Waals surface area contributed by atoms with Gasteiger partial charge in [0.2, 0.25) is 0 Å². The van der Waals surface area contributed by atoms with Crippen LogP contribution >= 0.6 is 0 Å². The summed E-state index contributed by atoms with van der Waals surface area (Å²) >= 11 is 0. The zero-order valence-electron chi connectivity index (χ0n) is 17.8. The molecule has 0 radical (unpaired) electrons. The molecule has 0 saturated heterocycles. The molecule has 4 rings (SSSR count). The number of hydrogen-bond acceptors (Lipinski definition) is 2. The predicted octanol–water partition coefficient (Wildman–Crippen LogP) is 6.44. The quantitative estimate of drug-likeness (QED) is 0.151. The van der Waals surface area contributed by atoms with Gasteiger partial charge in [-0.3, -0.25) is 4.98 Å². The summed E-state index contributed by atoms with van der Waals surface area (Å²) in [5, 5.41) is 0.123. The highest BCUT2D eigenvalue weighted by atomic mass is 19.2. The van der Waals surface area contributed by atoms with E-state index in [2.05, 4.69) is 16.8 Å². The van der Waals surface area contributed by atoms with Crippen LogP contribution in [-0.2, 0) is 11.2 Å². The minimum Gasteiger partial charge on any atom is -0.385 e. The van der Waals surface area contributed by atoms with E-state index < -0.39 is 23.3 Å². The molecule has 0 bridgehead atoms. The van der Waals surface area contributed by atoms with Crippen LogP contribution < -0.4 is 0 Å².